The van der Waals surface area contributed by atoms with Crippen molar-refractivity contribution in [1.82, 2.24) is 19.4 Å². The van der Waals surface area contributed by atoms with E-state index >= 15 is 0 Å². The monoisotopic (exact) mass is 437 g/mol. The van der Waals surface area contributed by atoms with Gasteiger partial charge in [-0.1, -0.05) is 42.5 Å². The van der Waals surface area contributed by atoms with Crippen molar-refractivity contribution < 1.29 is 9.90 Å². The molecule has 1 saturated heterocycles. The van der Waals surface area contributed by atoms with Crippen molar-refractivity contribution in [1.29, 1.82) is 0 Å². The molecule has 31 heavy (non-hydrogen) atoms. The Balaban J connectivity index is 1.51. The number of pyridine rings is 1. The summed E-state index contributed by atoms with van der Waals surface area (Å²) in [6.07, 6.45) is 3.53. The Kier molecular flexibility index (Phi) is 5.94. The minimum absolute atomic E-state index is 0.216. The number of carboxylic acids is 1. The molecule has 0 saturated carbocycles. The van der Waals surface area contributed by atoms with Gasteiger partial charge in [-0.3, -0.25) is 4.79 Å². The van der Waals surface area contributed by atoms with Crippen molar-refractivity contribution in [3.63, 3.8) is 0 Å². The average Bonchev–Trinajstić information content (AvgIpc) is 2.79. The molecule has 4 rings (SSSR count). The van der Waals surface area contributed by atoms with Crippen LogP contribution in [0.2, 0.25) is 0 Å². The van der Waals surface area contributed by atoms with E-state index in [0.717, 1.165) is 24.5 Å². The third-order valence-electron chi connectivity index (χ3n) is 5.49. The number of carbonyl (C=O) groups is 1. The zero-order chi connectivity index (χ0) is 22.0. The molecule has 1 fully saturated rings. The van der Waals surface area contributed by atoms with Gasteiger partial charge in [0.1, 0.15) is 11.2 Å². The summed E-state index contributed by atoms with van der Waals surface area (Å²) in [5.74, 6) is -0.716. The van der Waals surface area contributed by atoms with Crippen LogP contribution in [0.25, 0.3) is 11.0 Å². The van der Waals surface area contributed by atoms with Gasteiger partial charge >= 0.3 is 5.97 Å². The number of nitrogens with zero attached hydrogens (tertiary/aromatic N) is 5. The van der Waals surface area contributed by atoms with Crippen LogP contribution in [0.1, 0.15) is 22.8 Å². The van der Waals surface area contributed by atoms with Crippen molar-refractivity contribution in [2.45, 2.75) is 19.9 Å². The summed E-state index contributed by atoms with van der Waals surface area (Å²) < 4.78 is 1.68. The predicted molar refractivity (Wildman–Crippen MR) is 123 cm³/mol. The molecule has 1 aliphatic heterocycles. The van der Waals surface area contributed by atoms with Crippen LogP contribution in [-0.2, 0) is 13.0 Å². The van der Waals surface area contributed by atoms with Crippen LogP contribution in [0, 0.1) is 0 Å². The summed E-state index contributed by atoms with van der Waals surface area (Å²) in [5, 5.41) is 9.50. The highest BCUT2D eigenvalue weighted by molar-refractivity contribution is 7.80. The second-order valence-electron chi connectivity index (χ2n) is 7.40. The second kappa shape index (κ2) is 8.81. The summed E-state index contributed by atoms with van der Waals surface area (Å²) >= 11 is 5.65. The van der Waals surface area contributed by atoms with Crippen molar-refractivity contribution in [2.75, 3.05) is 31.1 Å². The number of thiocarbonyl (C=S) groups is 1. The highest BCUT2D eigenvalue weighted by Crippen LogP contribution is 2.17. The number of hydrogen-bond donors (Lipinski definition) is 1. The molecule has 9 heteroatoms. The van der Waals surface area contributed by atoms with E-state index in [-0.39, 0.29) is 10.9 Å². The minimum atomic E-state index is -1.25. The number of hydrogen-bond acceptors (Lipinski definition) is 6. The lowest BCUT2D eigenvalue weighted by Gasteiger charge is -2.36. The Bertz CT molecular complexity index is 1190. The van der Waals surface area contributed by atoms with Crippen LogP contribution in [0.15, 0.2) is 47.5 Å². The van der Waals surface area contributed by atoms with Crippen LogP contribution in [0.3, 0.4) is 0 Å². The van der Waals surface area contributed by atoms with Crippen LogP contribution in [0.5, 0.6) is 0 Å². The third kappa shape index (κ3) is 4.27. The largest absolute Gasteiger partial charge is 0.477 e. The smallest absolute Gasteiger partial charge is 0.341 e. The van der Waals surface area contributed by atoms with Gasteiger partial charge in [0.25, 0.3) is 0 Å². The van der Waals surface area contributed by atoms with Gasteiger partial charge in [0.05, 0.1) is 10.4 Å². The van der Waals surface area contributed by atoms with E-state index in [0.29, 0.717) is 31.2 Å². The van der Waals surface area contributed by atoms with Crippen molar-refractivity contribution in [3.8, 4) is 0 Å². The molecule has 8 nitrogen and oxygen atoms in total. The van der Waals surface area contributed by atoms with Gasteiger partial charge in [-0.25, -0.2) is 9.78 Å². The van der Waals surface area contributed by atoms with Crippen LogP contribution >= 0.6 is 12.2 Å². The molecule has 1 aromatic carbocycles. The molecule has 2 aromatic heterocycles. The van der Waals surface area contributed by atoms with Gasteiger partial charge in [-0.2, -0.15) is 4.98 Å². The normalized spacial score (nSPS) is 14.1. The van der Waals surface area contributed by atoms with E-state index in [2.05, 4.69) is 31.9 Å². The second-order valence-corrected chi connectivity index (χ2v) is 7.87. The van der Waals surface area contributed by atoms with E-state index in [1.54, 1.807) is 4.57 Å². The maximum absolute atomic E-state index is 12.5. The first-order chi connectivity index (χ1) is 15.0. The highest BCUT2D eigenvalue weighted by atomic mass is 32.1. The topological polar surface area (TPSA) is 91.6 Å². The SMILES string of the molecule is CCn1cc(C(=O)O)c(=O)c2cnc(N3CCN(C(=S)Cc4ccccc4)CC3)nc21. The molecular weight excluding hydrogens is 414 g/mol. The fourth-order valence-corrected chi connectivity index (χ4v) is 4.10. The van der Waals surface area contributed by atoms with Crippen LogP contribution < -0.4 is 10.3 Å². The van der Waals surface area contributed by atoms with Crippen molar-refractivity contribution >= 4 is 40.2 Å². The van der Waals surface area contributed by atoms with E-state index in [1.165, 1.54) is 18.0 Å². The third-order valence-corrected chi connectivity index (χ3v) is 5.89. The molecule has 0 unspecified atom stereocenters. The minimum Gasteiger partial charge on any atom is -0.477 e. The number of piperazine rings is 1. The zero-order valence-corrected chi connectivity index (χ0v) is 18.0. The molecule has 1 aliphatic rings. The number of aromatic carboxylic acids is 1. The Hall–Kier alpha value is -3.33. The number of rotatable bonds is 5. The number of benzene rings is 1. The molecule has 0 amide bonds. The molecule has 3 heterocycles. The quantitative estimate of drug-likeness (QED) is 0.608. The van der Waals surface area contributed by atoms with Crippen LogP contribution in [0.4, 0.5) is 5.95 Å². The molecule has 3 aromatic rings. The summed E-state index contributed by atoms with van der Waals surface area (Å²) in [7, 11) is 0. The Labute approximate surface area is 184 Å². The van der Waals surface area contributed by atoms with Crippen molar-refractivity contribution in [2.24, 2.45) is 0 Å². The van der Waals surface area contributed by atoms with Gasteiger partial charge < -0.3 is 19.5 Å². The zero-order valence-electron chi connectivity index (χ0n) is 17.2. The molecule has 0 bridgehead atoms. The molecule has 1 N–H and O–H groups in total. The van der Waals surface area contributed by atoms with Crippen molar-refractivity contribution in [3.05, 3.63) is 64.1 Å². The van der Waals surface area contributed by atoms with E-state index < -0.39 is 11.4 Å². The molecule has 0 atom stereocenters. The fourth-order valence-electron chi connectivity index (χ4n) is 3.75. The molecule has 0 radical (unpaired) electrons. The first-order valence-electron chi connectivity index (χ1n) is 10.2. The summed E-state index contributed by atoms with van der Waals surface area (Å²) in [6.45, 7) is 5.34. The Morgan fingerprint density at radius 1 is 1.16 bits per heavy atom. The molecule has 0 spiro atoms. The predicted octanol–water partition coefficient (Wildman–Crippen LogP) is 2.20. The first-order valence-corrected chi connectivity index (χ1v) is 10.6. The fraction of sp³-hybridized carbons (Fsp3) is 0.318. The number of fused-ring (bicyclic) bond motifs is 1. The summed E-state index contributed by atoms with van der Waals surface area (Å²) in [6, 6.07) is 10.2. The standard InChI is InChI=1S/C22H23N5O3S/c1-2-25-14-17(21(29)30)19(28)16-13-23-22(24-20(16)25)27-10-8-26(9-11-27)18(31)12-15-6-4-3-5-7-15/h3-7,13-14H,2,8-12H2,1H3,(H,29,30). The Morgan fingerprint density at radius 3 is 2.52 bits per heavy atom. The number of aryl methyl sites for hydroxylation is 1. The first kappa shape index (κ1) is 20.9. The maximum Gasteiger partial charge on any atom is 0.341 e. The lowest BCUT2D eigenvalue weighted by Crippen LogP contribution is -2.49. The van der Waals surface area contributed by atoms with E-state index in [1.807, 2.05) is 25.1 Å². The lowest BCUT2D eigenvalue weighted by molar-refractivity contribution is 0.0695. The van der Waals surface area contributed by atoms with E-state index in [9.17, 15) is 14.7 Å². The average molecular weight is 438 g/mol. The molecule has 160 valence electrons. The molecular formula is C22H23N5O3S. The van der Waals surface area contributed by atoms with E-state index in [4.69, 9.17) is 12.2 Å². The van der Waals surface area contributed by atoms with Gasteiger partial charge in [0.2, 0.25) is 11.4 Å². The van der Waals surface area contributed by atoms with Gasteiger partial charge in [0, 0.05) is 51.5 Å². The lowest BCUT2D eigenvalue weighted by atomic mass is 10.1. The summed E-state index contributed by atoms with van der Waals surface area (Å²) in [4.78, 5) is 38.0. The summed E-state index contributed by atoms with van der Waals surface area (Å²) in [5.41, 5.74) is 0.816. The number of carboxylic acid groups (broad SMARTS) is 1. The number of aromatic nitrogens is 3. The maximum atomic E-state index is 12.5. The molecule has 0 aliphatic carbocycles. The van der Waals surface area contributed by atoms with Gasteiger partial charge in [0.15, 0.2) is 0 Å². The van der Waals surface area contributed by atoms with Gasteiger partial charge in [-0.05, 0) is 12.5 Å². The highest BCUT2D eigenvalue weighted by Gasteiger charge is 2.22. The number of anilines is 1. The Morgan fingerprint density at radius 2 is 1.87 bits per heavy atom. The van der Waals surface area contributed by atoms with Crippen LogP contribution in [-0.4, -0.2) is 61.7 Å². The van der Waals surface area contributed by atoms with Gasteiger partial charge in [-0.15, -0.1) is 0 Å².